The predicted molar refractivity (Wildman–Crippen MR) is 57.8 cm³/mol. The molecule has 0 heterocycles. The summed E-state index contributed by atoms with van der Waals surface area (Å²) in [7, 11) is -1.24. The molecule has 74 valence electrons. The van der Waals surface area contributed by atoms with Gasteiger partial charge in [-0.25, -0.2) is 0 Å². The minimum absolute atomic E-state index is 0.0753. The summed E-state index contributed by atoms with van der Waals surface area (Å²) in [6.07, 6.45) is 0.777. The molecule has 1 unspecified atom stereocenters. The van der Waals surface area contributed by atoms with Crippen LogP contribution in [0.15, 0.2) is 18.2 Å². The third-order valence-corrected chi connectivity index (χ3v) is 3.15. The van der Waals surface area contributed by atoms with Gasteiger partial charge < -0.3 is 10.0 Å². The van der Waals surface area contributed by atoms with Crippen LogP contribution in [0.4, 0.5) is 0 Å². The molecular formula is C9H9BCl2O2. The highest BCUT2D eigenvalue weighted by molar-refractivity contribution is 6.45. The van der Waals surface area contributed by atoms with Crippen molar-refractivity contribution >= 4 is 30.3 Å². The van der Waals surface area contributed by atoms with Crippen LogP contribution in [0.25, 0.3) is 0 Å². The van der Waals surface area contributed by atoms with Crippen LogP contribution < -0.4 is 0 Å². The molecule has 1 fully saturated rings. The third-order valence-electron chi connectivity index (χ3n) is 2.58. The van der Waals surface area contributed by atoms with E-state index in [2.05, 4.69) is 0 Å². The summed E-state index contributed by atoms with van der Waals surface area (Å²) in [5, 5.41) is 19.1. The summed E-state index contributed by atoms with van der Waals surface area (Å²) < 4.78 is 0. The highest BCUT2D eigenvalue weighted by atomic mass is 35.5. The van der Waals surface area contributed by atoms with Gasteiger partial charge in [0.1, 0.15) is 0 Å². The van der Waals surface area contributed by atoms with Crippen molar-refractivity contribution in [1.29, 1.82) is 0 Å². The minimum atomic E-state index is -1.24. The van der Waals surface area contributed by atoms with Crippen LogP contribution in [-0.2, 0) is 0 Å². The molecule has 0 radical (unpaired) electrons. The van der Waals surface area contributed by atoms with Crippen molar-refractivity contribution < 1.29 is 10.0 Å². The quantitative estimate of drug-likeness (QED) is 0.766. The molecule has 1 aliphatic rings. The van der Waals surface area contributed by atoms with Crippen LogP contribution in [-0.4, -0.2) is 17.2 Å². The smallest absolute Gasteiger partial charge is 0.427 e. The lowest BCUT2D eigenvalue weighted by Gasteiger charge is -2.03. The topological polar surface area (TPSA) is 40.5 Å². The Labute approximate surface area is 92.6 Å². The summed E-state index contributed by atoms with van der Waals surface area (Å²) >= 11 is 11.7. The highest BCUT2D eigenvalue weighted by Gasteiger charge is 2.46. The van der Waals surface area contributed by atoms with Crippen LogP contribution in [0.3, 0.4) is 0 Å². The molecule has 14 heavy (non-hydrogen) atoms. The lowest BCUT2D eigenvalue weighted by atomic mass is 9.81. The maximum Gasteiger partial charge on any atom is 0.455 e. The molecule has 1 saturated carbocycles. The number of rotatable bonds is 2. The number of benzene rings is 1. The Balaban J connectivity index is 2.19. The second-order valence-electron chi connectivity index (χ2n) is 3.59. The van der Waals surface area contributed by atoms with Crippen molar-refractivity contribution in [3.63, 3.8) is 0 Å². The van der Waals surface area contributed by atoms with E-state index >= 15 is 0 Å². The summed E-state index contributed by atoms with van der Waals surface area (Å²) in [4.78, 5) is 0. The normalized spacial score (nSPS) is 24.9. The SMILES string of the molecule is OB(O)[C@@H]1CC1c1ccc(Cl)cc1Cl. The second-order valence-corrected chi connectivity index (χ2v) is 4.43. The van der Waals surface area contributed by atoms with Gasteiger partial charge in [0.05, 0.1) is 0 Å². The number of hydrogen-bond acceptors (Lipinski definition) is 2. The van der Waals surface area contributed by atoms with E-state index in [0.29, 0.717) is 10.0 Å². The Morgan fingerprint density at radius 1 is 1.29 bits per heavy atom. The molecular weight excluding hydrogens is 222 g/mol. The van der Waals surface area contributed by atoms with Crippen LogP contribution in [0.2, 0.25) is 15.9 Å². The molecule has 0 amide bonds. The van der Waals surface area contributed by atoms with Gasteiger partial charge in [0.2, 0.25) is 0 Å². The Morgan fingerprint density at radius 3 is 2.50 bits per heavy atom. The third kappa shape index (κ3) is 1.91. The van der Waals surface area contributed by atoms with Crippen LogP contribution in [0.5, 0.6) is 0 Å². The molecule has 2 N–H and O–H groups in total. The molecule has 0 spiro atoms. The van der Waals surface area contributed by atoms with E-state index < -0.39 is 7.12 Å². The van der Waals surface area contributed by atoms with Gasteiger partial charge in [-0.05, 0) is 30.0 Å². The summed E-state index contributed by atoms with van der Waals surface area (Å²) in [5.74, 6) is 0.0912. The van der Waals surface area contributed by atoms with Crippen LogP contribution in [0, 0.1) is 0 Å². The summed E-state index contributed by atoms with van der Waals surface area (Å²) in [6, 6.07) is 5.29. The molecule has 1 aromatic carbocycles. The maximum atomic E-state index is 8.96. The second kappa shape index (κ2) is 3.74. The Bertz CT molecular complexity index is 357. The van der Waals surface area contributed by atoms with Crippen molar-refractivity contribution in [3.8, 4) is 0 Å². The highest BCUT2D eigenvalue weighted by Crippen LogP contribution is 2.55. The van der Waals surface area contributed by atoms with E-state index in [9.17, 15) is 0 Å². The van der Waals surface area contributed by atoms with Crippen molar-refractivity contribution in [1.82, 2.24) is 0 Å². The molecule has 1 aromatic rings. The number of halogens is 2. The van der Waals surface area contributed by atoms with Gasteiger partial charge in [-0.1, -0.05) is 29.3 Å². The maximum absolute atomic E-state index is 8.96. The molecule has 0 bridgehead atoms. The molecule has 2 atom stereocenters. The summed E-state index contributed by atoms with van der Waals surface area (Å²) in [6.45, 7) is 0. The first-order chi connectivity index (χ1) is 6.59. The standard InChI is InChI=1S/C9H9BCl2O2/c11-5-1-2-6(9(12)3-5)7-4-8(7)10(13)14/h1-3,7-8,13-14H,4H2/t7?,8-/m1/s1. The van der Waals surface area contributed by atoms with Gasteiger partial charge in [0.15, 0.2) is 0 Å². The van der Waals surface area contributed by atoms with Crippen LogP contribution >= 0.6 is 23.2 Å². The largest absolute Gasteiger partial charge is 0.455 e. The molecule has 0 aliphatic heterocycles. The zero-order chi connectivity index (χ0) is 10.3. The zero-order valence-corrected chi connectivity index (χ0v) is 8.83. The summed E-state index contributed by atoms with van der Waals surface area (Å²) in [5.41, 5.74) is 0.953. The lowest BCUT2D eigenvalue weighted by molar-refractivity contribution is 0.402. The van der Waals surface area contributed by atoms with E-state index in [1.165, 1.54) is 0 Å². The molecule has 5 heteroatoms. The van der Waals surface area contributed by atoms with E-state index in [0.717, 1.165) is 12.0 Å². The van der Waals surface area contributed by atoms with Crippen molar-refractivity contribution in [2.75, 3.05) is 0 Å². The average Bonchev–Trinajstić information content (AvgIpc) is 2.83. The van der Waals surface area contributed by atoms with Gasteiger partial charge in [-0.2, -0.15) is 0 Å². The van der Waals surface area contributed by atoms with Crippen LogP contribution in [0.1, 0.15) is 17.9 Å². The van der Waals surface area contributed by atoms with Crippen molar-refractivity contribution in [2.45, 2.75) is 18.2 Å². The van der Waals surface area contributed by atoms with Gasteiger partial charge in [0.25, 0.3) is 0 Å². The molecule has 1 aliphatic carbocycles. The first-order valence-electron chi connectivity index (χ1n) is 4.40. The fraction of sp³-hybridized carbons (Fsp3) is 0.333. The number of hydrogen-bond donors (Lipinski definition) is 2. The van der Waals surface area contributed by atoms with Gasteiger partial charge >= 0.3 is 7.12 Å². The molecule has 2 nitrogen and oxygen atoms in total. The Kier molecular flexibility index (Phi) is 2.75. The first kappa shape index (κ1) is 10.3. The van der Waals surface area contributed by atoms with Crippen molar-refractivity contribution in [3.05, 3.63) is 33.8 Å². The van der Waals surface area contributed by atoms with E-state index in [1.54, 1.807) is 12.1 Å². The Morgan fingerprint density at radius 2 is 2.00 bits per heavy atom. The van der Waals surface area contributed by atoms with Crippen molar-refractivity contribution in [2.24, 2.45) is 0 Å². The molecule has 2 rings (SSSR count). The minimum Gasteiger partial charge on any atom is -0.427 e. The Hall–Kier alpha value is -0.215. The van der Waals surface area contributed by atoms with Gasteiger partial charge in [0, 0.05) is 15.9 Å². The van der Waals surface area contributed by atoms with Gasteiger partial charge in [-0.15, -0.1) is 0 Å². The van der Waals surface area contributed by atoms with Gasteiger partial charge in [-0.3, -0.25) is 0 Å². The predicted octanol–water partition coefficient (Wildman–Crippen LogP) is 2.32. The average molecular weight is 231 g/mol. The van der Waals surface area contributed by atoms with E-state index in [4.69, 9.17) is 33.2 Å². The van der Waals surface area contributed by atoms with E-state index in [1.807, 2.05) is 6.07 Å². The zero-order valence-electron chi connectivity index (χ0n) is 7.32. The monoisotopic (exact) mass is 230 g/mol. The van der Waals surface area contributed by atoms with E-state index in [-0.39, 0.29) is 11.7 Å². The fourth-order valence-electron chi connectivity index (χ4n) is 1.70. The first-order valence-corrected chi connectivity index (χ1v) is 5.16. The molecule has 0 aromatic heterocycles. The fourth-order valence-corrected chi connectivity index (χ4v) is 2.25. The lowest BCUT2D eigenvalue weighted by Crippen LogP contribution is -2.11. The molecule has 0 saturated heterocycles.